The minimum atomic E-state index is 0. The molecular weight excluding hydrogens is 885 g/mol. The number of H-pyrrole nitrogens is 2. The average molecular weight is 978 g/mol. The number of benzene rings is 1. The molecule has 0 bridgehead atoms. The predicted molar refractivity (Wildman–Crippen MR) is 306 cm³/mol. The van der Waals surface area contributed by atoms with Crippen LogP contribution in [0.25, 0.3) is 0 Å². The highest BCUT2D eigenvalue weighted by molar-refractivity contribution is 7.09. The maximum atomic E-state index is 3.98. The summed E-state index contributed by atoms with van der Waals surface area (Å²) in [6.45, 7) is 18.0. The maximum Gasteiger partial charge on any atom is 0.102 e. The molecule has 0 atom stereocenters. The standard InChI is InChI=1S/C7H8.3C6H7N.2C4H6N2.3C4H5NS.9CH4/c1-7-5-3-2-4-6-7;1-6-2-4-7-5-3-6;1-6-3-2-4-7-5-6;1-6-4-2-3-5-7-6;1-4-2-5-3-6-4;1-4-5-2-3-6-4;1-4-2-6-3-5-4;1-4-2-5-3-6-4;1-4-5-2-3-6-4;;;;;;;;;/h2-6H,1H3;3*2-5H,1H3;2*2-3H,1H3,(H,5,6);3*2-3H,1H3;9*1H4. The number of nitrogens with one attached hydrogen (secondary N) is 2. The van der Waals surface area contributed by atoms with Gasteiger partial charge < -0.3 is 9.97 Å². The minimum Gasteiger partial charge on any atom is -0.349 e. The van der Waals surface area contributed by atoms with E-state index in [1.54, 1.807) is 89.9 Å². The number of aromatic nitrogens is 10. The van der Waals surface area contributed by atoms with Gasteiger partial charge in [0.2, 0.25) is 0 Å². The van der Waals surface area contributed by atoms with Crippen molar-refractivity contribution in [3.8, 4) is 0 Å². The Morgan fingerprint density at radius 3 is 1.24 bits per heavy atom. The molecule has 67 heavy (non-hydrogen) atoms. The Bertz CT molecular complexity index is 1740. The highest BCUT2D eigenvalue weighted by Gasteiger charge is 1.79. The lowest BCUT2D eigenvalue weighted by atomic mass is 10.2. The van der Waals surface area contributed by atoms with E-state index in [0.29, 0.717) is 0 Å². The van der Waals surface area contributed by atoms with Crippen LogP contribution in [0.5, 0.6) is 0 Å². The van der Waals surface area contributed by atoms with E-state index in [1.807, 2.05) is 150 Å². The van der Waals surface area contributed by atoms with Crippen LogP contribution in [0.2, 0.25) is 0 Å². The van der Waals surface area contributed by atoms with Crippen molar-refractivity contribution in [1.29, 1.82) is 0 Å². The molecule has 8 heterocycles. The second-order valence-electron chi connectivity index (χ2n) is 11.9. The fourth-order valence-corrected chi connectivity index (χ4v) is 4.77. The van der Waals surface area contributed by atoms with Crippen molar-refractivity contribution < 1.29 is 0 Å². The molecule has 376 valence electrons. The van der Waals surface area contributed by atoms with Gasteiger partial charge in [0.1, 0.15) is 5.82 Å². The van der Waals surface area contributed by atoms with Crippen LogP contribution in [0, 0.1) is 62.3 Å². The summed E-state index contributed by atoms with van der Waals surface area (Å²) in [5, 5.41) is 5.12. The van der Waals surface area contributed by atoms with Crippen LogP contribution in [-0.4, -0.2) is 49.8 Å². The normalized spacial score (nSPS) is 7.60. The molecule has 0 fully saturated rings. The van der Waals surface area contributed by atoms with Gasteiger partial charge in [-0.1, -0.05) is 115 Å². The lowest BCUT2D eigenvalue weighted by Crippen LogP contribution is -1.72. The van der Waals surface area contributed by atoms with Crippen molar-refractivity contribution in [1.82, 2.24) is 49.8 Å². The summed E-state index contributed by atoms with van der Waals surface area (Å²) in [5.74, 6) is 0.968. The fourth-order valence-electron chi connectivity index (χ4n) is 3.37. The zero-order valence-electron chi connectivity index (χ0n) is 34.9. The number of rotatable bonds is 0. The largest absolute Gasteiger partial charge is 0.349 e. The van der Waals surface area contributed by atoms with Crippen LogP contribution < -0.4 is 0 Å². The topological polar surface area (TPSA) is 135 Å². The highest BCUT2D eigenvalue weighted by atomic mass is 32.1. The van der Waals surface area contributed by atoms with Crippen LogP contribution in [0.1, 0.15) is 116 Å². The van der Waals surface area contributed by atoms with Gasteiger partial charge in [-0.2, -0.15) is 0 Å². The Labute approximate surface area is 423 Å². The molecule has 0 saturated heterocycles. The van der Waals surface area contributed by atoms with Gasteiger partial charge in [0, 0.05) is 94.7 Å². The molecule has 0 radical (unpaired) electrons. The molecule has 0 spiro atoms. The van der Waals surface area contributed by atoms with Crippen LogP contribution in [0.15, 0.2) is 163 Å². The van der Waals surface area contributed by atoms with Gasteiger partial charge in [-0.25, -0.2) is 9.97 Å². The van der Waals surface area contributed by atoms with Crippen LogP contribution >= 0.6 is 34.0 Å². The average Bonchev–Trinajstić information content (AvgIpc) is 4.10. The number of imidazole rings is 2. The monoisotopic (exact) mass is 977 g/mol. The first-order chi connectivity index (χ1) is 28.0. The Balaban J connectivity index is -0.0000000794. The second kappa shape index (κ2) is 56.1. The third kappa shape index (κ3) is 54.2. The molecule has 9 aromatic rings. The van der Waals surface area contributed by atoms with Crippen LogP contribution in [0.4, 0.5) is 0 Å². The van der Waals surface area contributed by atoms with Gasteiger partial charge in [0.15, 0.2) is 0 Å². The number of nitrogens with zero attached hydrogens (tertiary/aromatic N) is 8. The molecule has 10 nitrogen and oxygen atoms in total. The third-order valence-corrected chi connectivity index (χ3v) is 8.46. The van der Waals surface area contributed by atoms with Gasteiger partial charge in [-0.3, -0.25) is 29.9 Å². The molecule has 8 aromatic heterocycles. The molecule has 0 amide bonds. The zero-order valence-corrected chi connectivity index (χ0v) is 37.3. The molecule has 13 heteroatoms. The Morgan fingerprint density at radius 2 is 1.04 bits per heavy atom. The summed E-state index contributed by atoms with van der Waals surface area (Å²) in [4.78, 5) is 38.1. The Kier molecular flexibility index (Phi) is 68.0. The lowest BCUT2D eigenvalue weighted by Gasteiger charge is -1.82. The Hall–Kier alpha value is -6.02. The number of hydrogen-bond acceptors (Lipinski definition) is 11. The third-order valence-electron chi connectivity index (χ3n) is 6.35. The van der Waals surface area contributed by atoms with Gasteiger partial charge in [-0.15, -0.1) is 34.0 Å². The van der Waals surface area contributed by atoms with E-state index in [2.05, 4.69) is 68.9 Å². The van der Waals surface area contributed by atoms with E-state index in [-0.39, 0.29) is 66.8 Å². The number of pyridine rings is 3. The predicted octanol–water partition coefficient (Wildman–Crippen LogP) is 17.7. The van der Waals surface area contributed by atoms with Crippen molar-refractivity contribution in [3.63, 3.8) is 0 Å². The van der Waals surface area contributed by atoms with Crippen LogP contribution in [-0.2, 0) is 0 Å². The molecule has 0 aliphatic heterocycles. The molecule has 0 aliphatic carbocycles. The zero-order chi connectivity index (χ0) is 42.5. The smallest absolute Gasteiger partial charge is 0.102 e. The van der Waals surface area contributed by atoms with Gasteiger partial charge >= 0.3 is 0 Å². The van der Waals surface area contributed by atoms with Crippen molar-refractivity contribution in [2.75, 3.05) is 0 Å². The van der Waals surface area contributed by atoms with Crippen molar-refractivity contribution >= 4 is 34.0 Å². The van der Waals surface area contributed by atoms with Crippen molar-refractivity contribution in [3.05, 3.63) is 212 Å². The van der Waals surface area contributed by atoms with Gasteiger partial charge in [0.05, 0.1) is 22.4 Å². The molecule has 0 aliphatic rings. The molecular formula is C54H92N10S3. The van der Waals surface area contributed by atoms with E-state index in [4.69, 9.17) is 0 Å². The summed E-state index contributed by atoms with van der Waals surface area (Å²) in [7, 11) is 0. The molecule has 2 N–H and O–H groups in total. The number of aromatic amines is 2. The fraction of sp³-hybridized carbons (Fsp3) is 0.333. The van der Waals surface area contributed by atoms with Crippen molar-refractivity contribution in [2.45, 2.75) is 129 Å². The van der Waals surface area contributed by atoms with E-state index in [9.17, 15) is 0 Å². The highest BCUT2D eigenvalue weighted by Crippen LogP contribution is 2.00. The van der Waals surface area contributed by atoms with Crippen molar-refractivity contribution in [2.24, 2.45) is 0 Å². The van der Waals surface area contributed by atoms with E-state index < -0.39 is 0 Å². The first-order valence-electron chi connectivity index (χ1n) is 18.1. The molecule has 1 aromatic carbocycles. The summed E-state index contributed by atoms with van der Waals surface area (Å²) in [5.41, 5.74) is 10.7. The molecule has 0 unspecified atom stereocenters. The minimum absolute atomic E-state index is 0. The Morgan fingerprint density at radius 1 is 0.418 bits per heavy atom. The first-order valence-corrected chi connectivity index (χ1v) is 20.8. The quantitative estimate of drug-likeness (QED) is 0.153. The summed E-state index contributed by atoms with van der Waals surface area (Å²) >= 11 is 4.96. The van der Waals surface area contributed by atoms with E-state index >= 15 is 0 Å². The molecule has 9 rings (SSSR count). The molecule has 0 saturated carbocycles. The first kappa shape index (κ1) is 81.2. The number of aryl methyl sites for hydroxylation is 9. The number of thiazole rings is 3. The van der Waals surface area contributed by atoms with E-state index in [0.717, 1.165) is 27.9 Å². The second-order valence-corrected chi connectivity index (χ2v) is 14.8. The van der Waals surface area contributed by atoms with Gasteiger partial charge in [-0.05, 0) is 104 Å². The van der Waals surface area contributed by atoms with Crippen LogP contribution in [0.3, 0.4) is 0 Å². The van der Waals surface area contributed by atoms with Gasteiger partial charge in [0.25, 0.3) is 0 Å². The maximum absolute atomic E-state index is 3.98. The SMILES string of the molecule is C.C.C.C.C.C.C.C.C.Cc1ccccc1.Cc1ccccn1.Cc1cccnc1.Cc1ccncc1.Cc1cnc[nH]1.Cc1cncs1.Cc1cscn1.Cc1ncc[nH]1.Cc1nccs1. The summed E-state index contributed by atoms with van der Waals surface area (Å²) < 4.78 is 0. The summed E-state index contributed by atoms with van der Waals surface area (Å²) in [6, 6.07) is 24.0. The lowest BCUT2D eigenvalue weighted by molar-refractivity contribution is 1.15. The number of hydrogen-bond donors (Lipinski definition) is 2. The summed E-state index contributed by atoms with van der Waals surface area (Å²) in [6.07, 6.45) is 19.6. The van der Waals surface area contributed by atoms with E-state index in [1.165, 1.54) is 21.6 Å².